The number of fused-ring (bicyclic) bond motifs is 1. The Labute approximate surface area is 142 Å². The molecule has 2 aromatic heterocycles. The van der Waals surface area contributed by atoms with Gasteiger partial charge in [0.15, 0.2) is 11.1 Å². The third-order valence-corrected chi connectivity index (χ3v) is 4.13. The van der Waals surface area contributed by atoms with E-state index in [-0.39, 0.29) is 12.2 Å². The molecule has 3 rings (SSSR count). The van der Waals surface area contributed by atoms with Crippen LogP contribution in [0.5, 0.6) is 5.75 Å². The van der Waals surface area contributed by atoms with Crippen molar-refractivity contribution < 1.29 is 14.3 Å². The minimum atomic E-state index is -0.695. The first-order valence-corrected chi connectivity index (χ1v) is 8.39. The van der Waals surface area contributed by atoms with E-state index in [4.69, 9.17) is 9.47 Å². The number of carbonyl (C=O) groups is 1. The Hall–Kier alpha value is -2.67. The van der Waals surface area contributed by atoms with Crippen LogP contribution in [0, 0.1) is 0 Å². The highest BCUT2D eigenvalue weighted by molar-refractivity contribution is 7.15. The summed E-state index contributed by atoms with van der Waals surface area (Å²) in [5.74, 6) is 0.132. The largest absolute Gasteiger partial charge is 0.479 e. The molecule has 1 aromatic carbocycles. The summed E-state index contributed by atoms with van der Waals surface area (Å²) in [6, 6.07) is 10.5. The molecule has 0 saturated carbocycles. The molecule has 0 unspecified atom stereocenters. The lowest BCUT2D eigenvalue weighted by Crippen LogP contribution is -2.29. The Kier molecular flexibility index (Phi) is 4.90. The van der Waals surface area contributed by atoms with Crippen molar-refractivity contribution in [1.82, 2.24) is 9.38 Å². The molecule has 0 N–H and O–H groups in total. The van der Waals surface area contributed by atoms with Crippen LogP contribution >= 0.6 is 11.3 Å². The van der Waals surface area contributed by atoms with Crippen molar-refractivity contribution in [2.45, 2.75) is 26.1 Å². The van der Waals surface area contributed by atoms with Crippen LogP contribution in [0.4, 0.5) is 0 Å². The lowest BCUT2D eigenvalue weighted by Gasteiger charge is -2.16. The monoisotopic (exact) mass is 344 g/mol. The van der Waals surface area contributed by atoms with Crippen molar-refractivity contribution in [1.29, 1.82) is 0 Å². The molecule has 0 saturated heterocycles. The van der Waals surface area contributed by atoms with E-state index in [0.717, 1.165) is 0 Å². The molecular formula is C17H16N2O4S. The maximum Gasteiger partial charge on any atom is 0.347 e. The Bertz CT molecular complexity index is 888. The number of hydrogen-bond acceptors (Lipinski definition) is 6. The van der Waals surface area contributed by atoms with Gasteiger partial charge in [-0.05, 0) is 18.6 Å². The van der Waals surface area contributed by atoms with Crippen LogP contribution in [0.1, 0.15) is 19.0 Å². The minimum absolute atomic E-state index is 0.0584. The van der Waals surface area contributed by atoms with E-state index < -0.39 is 12.1 Å². The van der Waals surface area contributed by atoms with Gasteiger partial charge in [0.2, 0.25) is 0 Å². The third-order valence-electron chi connectivity index (χ3n) is 3.37. The van der Waals surface area contributed by atoms with Crippen LogP contribution in [0.3, 0.4) is 0 Å². The molecule has 1 atom stereocenters. The molecule has 124 valence electrons. The molecule has 7 heteroatoms. The number of hydrogen-bond donors (Lipinski definition) is 0. The number of carbonyl (C=O) groups excluding carboxylic acids is 1. The lowest BCUT2D eigenvalue weighted by molar-refractivity contribution is -0.153. The van der Waals surface area contributed by atoms with Gasteiger partial charge in [-0.3, -0.25) is 9.20 Å². The second-order valence-electron chi connectivity index (χ2n) is 5.08. The van der Waals surface area contributed by atoms with Gasteiger partial charge >= 0.3 is 5.97 Å². The number of esters is 1. The number of aromatic nitrogens is 2. The second-order valence-corrected chi connectivity index (χ2v) is 5.95. The van der Waals surface area contributed by atoms with Crippen LogP contribution in [-0.2, 0) is 16.1 Å². The van der Waals surface area contributed by atoms with Gasteiger partial charge < -0.3 is 9.47 Å². The van der Waals surface area contributed by atoms with E-state index in [2.05, 4.69) is 4.98 Å². The standard InChI is InChI=1S/C17H16N2O4S/c1-2-14(23-13-6-4-3-5-7-13)16(21)22-11-12-10-15(20)19-8-9-24-17(19)18-12/h3-10,14H,2,11H2,1H3/t14-/m1/s1. The number of para-hydroxylation sites is 1. The quantitative estimate of drug-likeness (QED) is 0.643. The predicted molar refractivity (Wildman–Crippen MR) is 90.3 cm³/mol. The zero-order valence-corrected chi connectivity index (χ0v) is 13.9. The maximum atomic E-state index is 12.2. The van der Waals surface area contributed by atoms with Gasteiger partial charge in [-0.1, -0.05) is 25.1 Å². The van der Waals surface area contributed by atoms with Crippen LogP contribution in [0.25, 0.3) is 4.96 Å². The molecule has 0 radical (unpaired) electrons. The van der Waals surface area contributed by atoms with Crippen molar-refractivity contribution in [3.63, 3.8) is 0 Å². The van der Waals surface area contributed by atoms with E-state index in [1.807, 2.05) is 25.1 Å². The molecule has 0 bridgehead atoms. The van der Waals surface area contributed by atoms with E-state index >= 15 is 0 Å². The van der Waals surface area contributed by atoms with Crippen molar-refractivity contribution in [2.75, 3.05) is 0 Å². The summed E-state index contributed by atoms with van der Waals surface area (Å²) >= 11 is 1.35. The van der Waals surface area contributed by atoms with Crippen LogP contribution < -0.4 is 10.3 Å². The first-order chi connectivity index (χ1) is 11.7. The molecule has 0 amide bonds. The van der Waals surface area contributed by atoms with Gasteiger partial charge in [0, 0.05) is 17.6 Å². The summed E-state index contributed by atoms with van der Waals surface area (Å²) in [6.07, 6.45) is 1.44. The Balaban J connectivity index is 1.65. The second kappa shape index (κ2) is 7.27. The molecule has 0 aliphatic carbocycles. The fraction of sp³-hybridized carbons (Fsp3) is 0.235. The number of benzene rings is 1. The molecule has 0 spiro atoms. The Morgan fingerprint density at radius 1 is 1.33 bits per heavy atom. The third kappa shape index (κ3) is 3.62. The summed E-state index contributed by atoms with van der Waals surface area (Å²) in [5, 5.41) is 1.78. The molecule has 0 fully saturated rings. The smallest absolute Gasteiger partial charge is 0.347 e. The van der Waals surface area contributed by atoms with Crippen molar-refractivity contribution in [3.8, 4) is 5.75 Å². The number of rotatable bonds is 6. The average molecular weight is 344 g/mol. The summed E-state index contributed by atoms with van der Waals surface area (Å²) in [4.78, 5) is 29.0. The molecule has 3 aromatic rings. The van der Waals surface area contributed by atoms with Crippen LogP contribution in [-0.4, -0.2) is 21.5 Å². The van der Waals surface area contributed by atoms with E-state index in [9.17, 15) is 9.59 Å². The molecule has 24 heavy (non-hydrogen) atoms. The highest BCUT2D eigenvalue weighted by Gasteiger charge is 2.20. The molecule has 0 aliphatic rings. The van der Waals surface area contributed by atoms with Crippen molar-refractivity contribution in [3.05, 3.63) is 64.0 Å². The highest BCUT2D eigenvalue weighted by atomic mass is 32.1. The van der Waals surface area contributed by atoms with Crippen molar-refractivity contribution >= 4 is 22.3 Å². The minimum Gasteiger partial charge on any atom is -0.479 e. The number of ether oxygens (including phenoxy) is 2. The van der Waals surface area contributed by atoms with Crippen LogP contribution in [0.2, 0.25) is 0 Å². The SMILES string of the molecule is CC[C@@H](Oc1ccccc1)C(=O)OCc1cc(=O)n2ccsc2n1. The lowest BCUT2D eigenvalue weighted by atomic mass is 10.2. The van der Waals surface area contributed by atoms with Gasteiger partial charge in [-0.25, -0.2) is 9.78 Å². The highest BCUT2D eigenvalue weighted by Crippen LogP contribution is 2.14. The van der Waals surface area contributed by atoms with Crippen LogP contribution in [0.15, 0.2) is 52.8 Å². The molecule has 6 nitrogen and oxygen atoms in total. The molecule has 0 aliphatic heterocycles. The summed E-state index contributed by atoms with van der Waals surface area (Å²) in [5.41, 5.74) is 0.227. The summed E-state index contributed by atoms with van der Waals surface area (Å²) in [7, 11) is 0. The van der Waals surface area contributed by atoms with E-state index in [1.165, 1.54) is 21.8 Å². The first-order valence-electron chi connectivity index (χ1n) is 7.51. The zero-order valence-electron chi connectivity index (χ0n) is 13.0. The van der Waals surface area contributed by atoms with E-state index in [1.54, 1.807) is 23.7 Å². The number of nitrogens with zero attached hydrogens (tertiary/aromatic N) is 2. The van der Waals surface area contributed by atoms with E-state index in [0.29, 0.717) is 22.8 Å². The van der Waals surface area contributed by atoms with Gasteiger partial charge in [0.25, 0.3) is 5.56 Å². The van der Waals surface area contributed by atoms with Gasteiger partial charge in [0.1, 0.15) is 12.4 Å². The summed E-state index contributed by atoms with van der Waals surface area (Å²) in [6.45, 7) is 1.79. The average Bonchev–Trinajstić information content (AvgIpc) is 3.07. The number of thiazole rings is 1. The molecular weight excluding hydrogens is 328 g/mol. The van der Waals surface area contributed by atoms with Gasteiger partial charge in [-0.2, -0.15) is 0 Å². The first kappa shape index (κ1) is 16.2. The fourth-order valence-electron chi connectivity index (χ4n) is 2.16. The normalized spacial score (nSPS) is 12.0. The Morgan fingerprint density at radius 2 is 2.12 bits per heavy atom. The van der Waals surface area contributed by atoms with Gasteiger partial charge in [-0.15, -0.1) is 11.3 Å². The Morgan fingerprint density at radius 3 is 2.88 bits per heavy atom. The predicted octanol–water partition coefficient (Wildman–Crippen LogP) is 2.66. The zero-order chi connectivity index (χ0) is 16.9. The van der Waals surface area contributed by atoms with Gasteiger partial charge in [0.05, 0.1) is 5.69 Å². The topological polar surface area (TPSA) is 69.9 Å². The maximum absolute atomic E-state index is 12.2. The van der Waals surface area contributed by atoms with Crippen molar-refractivity contribution in [2.24, 2.45) is 0 Å². The summed E-state index contributed by atoms with van der Waals surface area (Å²) < 4.78 is 12.3. The fourth-order valence-corrected chi connectivity index (χ4v) is 2.90. The molecule has 2 heterocycles.